The Balaban J connectivity index is 1.89. The Kier molecular flexibility index (Phi) is 3.89. The second kappa shape index (κ2) is 5.40. The van der Waals surface area contributed by atoms with Gasteiger partial charge in [0.2, 0.25) is 5.89 Å². The van der Waals surface area contributed by atoms with Gasteiger partial charge in [0.15, 0.2) is 5.82 Å². The van der Waals surface area contributed by atoms with Gasteiger partial charge >= 0.3 is 0 Å². The van der Waals surface area contributed by atoms with Gasteiger partial charge in [-0.15, -0.1) is 0 Å². The highest BCUT2D eigenvalue weighted by Gasteiger charge is 2.20. The lowest BCUT2D eigenvalue weighted by atomic mass is 10.1. The number of hydrogen-bond donors (Lipinski definition) is 0. The molecule has 2 rings (SSSR count). The predicted molar refractivity (Wildman–Crippen MR) is 60.5 cm³/mol. The summed E-state index contributed by atoms with van der Waals surface area (Å²) in [6.07, 6.45) is 2.07. The molecule has 1 unspecified atom stereocenters. The van der Waals surface area contributed by atoms with Crippen molar-refractivity contribution in [3.8, 4) is 0 Å². The topological polar surface area (TPSA) is 65.2 Å². The molecule has 5 heteroatoms. The minimum absolute atomic E-state index is 0.00795. The summed E-state index contributed by atoms with van der Waals surface area (Å²) in [6, 6.07) is 0. The quantitative estimate of drug-likeness (QED) is 0.776. The Morgan fingerprint density at radius 2 is 2.35 bits per heavy atom. The zero-order chi connectivity index (χ0) is 12.3. The predicted octanol–water partition coefficient (Wildman–Crippen LogP) is 1.42. The molecule has 0 N–H and O–H groups in total. The number of nitrogens with zero attached hydrogens (tertiary/aromatic N) is 2. The molecule has 0 bridgehead atoms. The molecular formula is C12H18N2O3. The number of carbonyl (C=O) groups is 1. The van der Waals surface area contributed by atoms with E-state index in [0.29, 0.717) is 17.6 Å². The third kappa shape index (κ3) is 3.36. The number of Topliss-reactive ketones (excluding diaryl/α,β-unsaturated/α-hetero) is 1. The summed E-state index contributed by atoms with van der Waals surface area (Å²) in [4.78, 5) is 15.8. The lowest BCUT2D eigenvalue weighted by Gasteiger charge is -2.01. The van der Waals surface area contributed by atoms with Crippen LogP contribution in [0.3, 0.4) is 0 Å². The average Bonchev–Trinajstić information content (AvgIpc) is 2.91. The van der Waals surface area contributed by atoms with E-state index in [4.69, 9.17) is 9.26 Å². The SMILES string of the molecule is CC(C)C(=O)Cc1nc(CC2CCOC2)no1. The Morgan fingerprint density at radius 1 is 1.53 bits per heavy atom. The van der Waals surface area contributed by atoms with Crippen molar-refractivity contribution < 1.29 is 14.1 Å². The van der Waals surface area contributed by atoms with Crippen LogP contribution in [0.15, 0.2) is 4.52 Å². The van der Waals surface area contributed by atoms with E-state index in [1.165, 1.54) is 0 Å². The van der Waals surface area contributed by atoms with Gasteiger partial charge in [-0.05, 0) is 12.3 Å². The Bertz CT molecular complexity index is 381. The van der Waals surface area contributed by atoms with E-state index >= 15 is 0 Å². The number of hydrogen-bond acceptors (Lipinski definition) is 5. The van der Waals surface area contributed by atoms with Crippen LogP contribution in [-0.2, 0) is 22.4 Å². The number of ether oxygens (including phenoxy) is 1. The maximum Gasteiger partial charge on any atom is 0.234 e. The maximum atomic E-state index is 11.5. The van der Waals surface area contributed by atoms with Crippen LogP contribution in [-0.4, -0.2) is 29.1 Å². The van der Waals surface area contributed by atoms with E-state index in [1.807, 2.05) is 13.8 Å². The molecule has 94 valence electrons. The van der Waals surface area contributed by atoms with E-state index in [9.17, 15) is 4.79 Å². The molecule has 0 aromatic carbocycles. The second-order valence-electron chi connectivity index (χ2n) is 4.84. The van der Waals surface area contributed by atoms with Crippen molar-refractivity contribution in [3.63, 3.8) is 0 Å². The molecule has 0 amide bonds. The molecule has 1 saturated heterocycles. The highest BCUT2D eigenvalue weighted by molar-refractivity contribution is 5.81. The van der Waals surface area contributed by atoms with Crippen molar-refractivity contribution in [2.75, 3.05) is 13.2 Å². The van der Waals surface area contributed by atoms with E-state index in [-0.39, 0.29) is 18.1 Å². The van der Waals surface area contributed by atoms with Crippen LogP contribution in [0, 0.1) is 11.8 Å². The third-order valence-corrected chi connectivity index (χ3v) is 2.97. The standard InChI is InChI=1S/C12H18N2O3/c1-8(2)10(15)6-12-13-11(14-17-12)5-9-3-4-16-7-9/h8-9H,3-7H2,1-2H3. The van der Waals surface area contributed by atoms with Crippen molar-refractivity contribution in [3.05, 3.63) is 11.7 Å². The third-order valence-electron chi connectivity index (χ3n) is 2.97. The van der Waals surface area contributed by atoms with E-state index in [2.05, 4.69) is 10.1 Å². The van der Waals surface area contributed by atoms with Crippen LogP contribution >= 0.6 is 0 Å². The first kappa shape index (κ1) is 12.2. The normalized spacial score (nSPS) is 20.1. The maximum absolute atomic E-state index is 11.5. The van der Waals surface area contributed by atoms with Crippen LogP contribution in [0.25, 0.3) is 0 Å². The van der Waals surface area contributed by atoms with Crippen molar-refractivity contribution in [2.24, 2.45) is 11.8 Å². The average molecular weight is 238 g/mol. The molecule has 1 aliphatic rings. The monoisotopic (exact) mass is 238 g/mol. The molecule has 1 fully saturated rings. The Labute approximate surface area is 101 Å². The zero-order valence-corrected chi connectivity index (χ0v) is 10.3. The molecular weight excluding hydrogens is 220 g/mol. The van der Waals surface area contributed by atoms with E-state index in [0.717, 1.165) is 26.1 Å². The van der Waals surface area contributed by atoms with Crippen LogP contribution in [0.1, 0.15) is 32.0 Å². The molecule has 2 heterocycles. The van der Waals surface area contributed by atoms with Gasteiger partial charge < -0.3 is 9.26 Å². The van der Waals surface area contributed by atoms with Gasteiger partial charge in [-0.2, -0.15) is 4.98 Å². The molecule has 1 aromatic rings. The van der Waals surface area contributed by atoms with E-state index in [1.54, 1.807) is 0 Å². The van der Waals surface area contributed by atoms with Gasteiger partial charge in [0.05, 0.1) is 6.42 Å². The van der Waals surface area contributed by atoms with Crippen molar-refractivity contribution in [1.29, 1.82) is 0 Å². The fourth-order valence-corrected chi connectivity index (χ4v) is 1.80. The number of carbonyl (C=O) groups excluding carboxylic acids is 1. The zero-order valence-electron chi connectivity index (χ0n) is 10.3. The number of aromatic nitrogens is 2. The van der Waals surface area contributed by atoms with Crippen molar-refractivity contribution in [2.45, 2.75) is 33.1 Å². The van der Waals surface area contributed by atoms with E-state index < -0.39 is 0 Å². The second-order valence-corrected chi connectivity index (χ2v) is 4.84. The van der Waals surface area contributed by atoms with Crippen LogP contribution in [0.2, 0.25) is 0 Å². The van der Waals surface area contributed by atoms with Gasteiger partial charge in [0, 0.05) is 25.6 Å². The largest absolute Gasteiger partial charge is 0.381 e. The van der Waals surface area contributed by atoms with Crippen molar-refractivity contribution in [1.82, 2.24) is 10.1 Å². The Hall–Kier alpha value is -1.23. The minimum Gasteiger partial charge on any atom is -0.381 e. The highest BCUT2D eigenvalue weighted by atomic mass is 16.5. The molecule has 0 spiro atoms. The Morgan fingerprint density at radius 3 is 3.00 bits per heavy atom. The molecule has 0 saturated carbocycles. The summed E-state index contributed by atoms with van der Waals surface area (Å²) in [5.74, 6) is 1.74. The molecule has 1 aliphatic heterocycles. The number of ketones is 1. The molecule has 1 aromatic heterocycles. The van der Waals surface area contributed by atoms with Gasteiger partial charge in [0.1, 0.15) is 5.78 Å². The fraction of sp³-hybridized carbons (Fsp3) is 0.750. The van der Waals surface area contributed by atoms with Gasteiger partial charge in [-0.3, -0.25) is 4.79 Å². The highest BCUT2D eigenvalue weighted by Crippen LogP contribution is 2.16. The van der Waals surface area contributed by atoms with Gasteiger partial charge in [-0.25, -0.2) is 0 Å². The first-order valence-corrected chi connectivity index (χ1v) is 6.07. The lowest BCUT2D eigenvalue weighted by molar-refractivity contribution is -0.121. The summed E-state index contributed by atoms with van der Waals surface area (Å²) in [5, 5.41) is 3.90. The fourth-order valence-electron chi connectivity index (χ4n) is 1.80. The minimum atomic E-state index is 0.00795. The molecule has 17 heavy (non-hydrogen) atoms. The summed E-state index contributed by atoms with van der Waals surface area (Å²) in [7, 11) is 0. The van der Waals surface area contributed by atoms with Gasteiger partial charge in [-0.1, -0.05) is 19.0 Å². The first-order chi connectivity index (χ1) is 8.15. The van der Waals surface area contributed by atoms with Crippen LogP contribution in [0.5, 0.6) is 0 Å². The van der Waals surface area contributed by atoms with Crippen LogP contribution < -0.4 is 0 Å². The molecule has 0 radical (unpaired) electrons. The molecule has 0 aliphatic carbocycles. The van der Waals surface area contributed by atoms with Crippen LogP contribution in [0.4, 0.5) is 0 Å². The smallest absolute Gasteiger partial charge is 0.234 e. The number of rotatable bonds is 5. The molecule has 1 atom stereocenters. The summed E-state index contributed by atoms with van der Waals surface area (Å²) in [6.45, 7) is 5.33. The summed E-state index contributed by atoms with van der Waals surface area (Å²) < 4.78 is 10.4. The lowest BCUT2D eigenvalue weighted by Crippen LogP contribution is -2.10. The van der Waals surface area contributed by atoms with Crippen molar-refractivity contribution >= 4 is 5.78 Å². The summed E-state index contributed by atoms with van der Waals surface area (Å²) >= 11 is 0. The first-order valence-electron chi connectivity index (χ1n) is 6.07. The summed E-state index contributed by atoms with van der Waals surface area (Å²) in [5.41, 5.74) is 0. The van der Waals surface area contributed by atoms with Gasteiger partial charge in [0.25, 0.3) is 0 Å². The molecule has 5 nitrogen and oxygen atoms in total.